The summed E-state index contributed by atoms with van der Waals surface area (Å²) < 4.78 is 1.56. The number of halogens is 4. The molecular formula is C13H10Cl4N4O. The summed E-state index contributed by atoms with van der Waals surface area (Å²) in [5, 5.41) is 4.68. The molecule has 0 aliphatic heterocycles. The first-order valence-electron chi connectivity index (χ1n) is 6.18. The van der Waals surface area contributed by atoms with Crippen molar-refractivity contribution in [2.75, 3.05) is 0 Å². The third-order valence-electron chi connectivity index (χ3n) is 2.78. The maximum Gasteiger partial charge on any atom is 0.278 e. The largest absolute Gasteiger partial charge is 0.278 e. The van der Waals surface area contributed by atoms with E-state index in [0.717, 1.165) is 0 Å². The third kappa shape index (κ3) is 3.60. The number of aromatic nitrogens is 3. The van der Waals surface area contributed by atoms with Crippen LogP contribution < -0.4 is 0 Å². The van der Waals surface area contributed by atoms with Crippen molar-refractivity contribution in [2.45, 2.75) is 20.4 Å². The number of rotatable bonds is 3. The minimum Gasteiger partial charge on any atom is -0.267 e. The SMILES string of the molecule is CCn1nc(C)c(C(Cl)=NC(=O)c2cc(Cl)nc(Cl)c2)c1Cl. The lowest BCUT2D eigenvalue weighted by Gasteiger charge is -2.01. The molecule has 0 saturated carbocycles. The van der Waals surface area contributed by atoms with E-state index in [1.165, 1.54) is 12.1 Å². The summed E-state index contributed by atoms with van der Waals surface area (Å²) in [6.07, 6.45) is 0. The number of pyridine rings is 1. The fraction of sp³-hybridized carbons (Fsp3) is 0.231. The van der Waals surface area contributed by atoms with Gasteiger partial charge in [0.05, 0.1) is 11.3 Å². The van der Waals surface area contributed by atoms with Gasteiger partial charge in [-0.15, -0.1) is 0 Å². The lowest BCUT2D eigenvalue weighted by Crippen LogP contribution is -2.02. The van der Waals surface area contributed by atoms with Gasteiger partial charge < -0.3 is 0 Å². The number of aliphatic imine (C=N–C) groups is 1. The number of carbonyl (C=O) groups is 1. The van der Waals surface area contributed by atoms with Crippen molar-refractivity contribution in [1.82, 2.24) is 14.8 Å². The minimum absolute atomic E-state index is 0.0451. The zero-order chi connectivity index (χ0) is 16.4. The van der Waals surface area contributed by atoms with Crippen LogP contribution in [0.2, 0.25) is 15.5 Å². The Labute approximate surface area is 146 Å². The van der Waals surface area contributed by atoms with Crippen molar-refractivity contribution < 1.29 is 4.79 Å². The Balaban J connectivity index is 2.40. The molecule has 22 heavy (non-hydrogen) atoms. The summed E-state index contributed by atoms with van der Waals surface area (Å²) in [6, 6.07) is 2.71. The average Bonchev–Trinajstić information content (AvgIpc) is 2.72. The highest BCUT2D eigenvalue weighted by molar-refractivity contribution is 6.71. The Morgan fingerprint density at radius 1 is 1.27 bits per heavy atom. The van der Waals surface area contributed by atoms with Crippen LogP contribution in [-0.4, -0.2) is 25.8 Å². The molecular weight excluding hydrogens is 370 g/mol. The highest BCUT2D eigenvalue weighted by Gasteiger charge is 2.18. The van der Waals surface area contributed by atoms with Gasteiger partial charge >= 0.3 is 0 Å². The number of aryl methyl sites for hydroxylation is 2. The summed E-state index contributed by atoms with van der Waals surface area (Å²) in [5.41, 5.74) is 1.18. The number of nitrogens with zero attached hydrogens (tertiary/aromatic N) is 4. The predicted octanol–water partition coefficient (Wildman–Crippen LogP) is 4.39. The summed E-state index contributed by atoms with van der Waals surface area (Å²) in [6.45, 7) is 4.20. The topological polar surface area (TPSA) is 60.1 Å². The number of amides is 1. The molecule has 2 aromatic rings. The molecule has 0 aliphatic rings. The molecule has 0 radical (unpaired) electrons. The van der Waals surface area contributed by atoms with Crippen LogP contribution in [-0.2, 0) is 6.54 Å². The van der Waals surface area contributed by atoms with E-state index in [9.17, 15) is 4.79 Å². The van der Waals surface area contributed by atoms with Crippen LogP contribution >= 0.6 is 46.4 Å². The molecule has 0 saturated heterocycles. The molecule has 0 N–H and O–H groups in total. The Morgan fingerprint density at radius 3 is 2.36 bits per heavy atom. The molecule has 5 nitrogen and oxygen atoms in total. The molecule has 0 aromatic carbocycles. The second-order valence-corrected chi connectivity index (χ2v) is 5.77. The highest BCUT2D eigenvalue weighted by atomic mass is 35.5. The quantitative estimate of drug-likeness (QED) is 0.586. The first-order valence-corrected chi connectivity index (χ1v) is 7.69. The molecule has 0 aliphatic carbocycles. The predicted molar refractivity (Wildman–Crippen MR) is 88.6 cm³/mol. The lowest BCUT2D eigenvalue weighted by atomic mass is 10.2. The molecule has 0 unspecified atom stereocenters. The molecule has 0 atom stereocenters. The summed E-state index contributed by atoms with van der Waals surface area (Å²) in [5.74, 6) is -0.601. The van der Waals surface area contributed by atoms with E-state index >= 15 is 0 Å². The van der Waals surface area contributed by atoms with Crippen molar-refractivity contribution in [1.29, 1.82) is 0 Å². The monoisotopic (exact) mass is 378 g/mol. The minimum atomic E-state index is -0.601. The molecule has 2 rings (SSSR count). The van der Waals surface area contributed by atoms with E-state index in [0.29, 0.717) is 23.0 Å². The number of hydrogen-bond acceptors (Lipinski definition) is 3. The van der Waals surface area contributed by atoms with E-state index < -0.39 is 5.91 Å². The van der Waals surface area contributed by atoms with Crippen molar-refractivity contribution in [3.8, 4) is 0 Å². The van der Waals surface area contributed by atoms with Gasteiger partial charge in [-0.05, 0) is 26.0 Å². The van der Waals surface area contributed by atoms with E-state index in [4.69, 9.17) is 46.4 Å². The standard InChI is InChI=1S/C13H10Cl4N4O/c1-3-21-12(17)10(6(2)20-21)11(16)19-13(22)7-4-8(14)18-9(15)5-7/h4-5H,3H2,1-2H3. The Hall–Kier alpha value is -1.14. The maximum absolute atomic E-state index is 12.1. The van der Waals surface area contributed by atoms with Crippen LogP contribution in [0.4, 0.5) is 0 Å². The van der Waals surface area contributed by atoms with E-state index in [2.05, 4.69) is 15.1 Å². The third-order valence-corrected chi connectivity index (χ3v) is 3.83. The van der Waals surface area contributed by atoms with Gasteiger partial charge in [-0.1, -0.05) is 46.4 Å². The molecule has 9 heteroatoms. The first-order chi connectivity index (χ1) is 10.3. The van der Waals surface area contributed by atoms with Crippen LogP contribution in [0.1, 0.15) is 28.5 Å². The molecule has 2 heterocycles. The van der Waals surface area contributed by atoms with Gasteiger partial charge in [-0.25, -0.2) is 4.98 Å². The van der Waals surface area contributed by atoms with Gasteiger partial charge in [0.25, 0.3) is 5.91 Å². The van der Waals surface area contributed by atoms with Gasteiger partial charge in [0.15, 0.2) is 0 Å². The Bertz CT molecular complexity index is 749. The molecule has 0 spiro atoms. The highest BCUT2D eigenvalue weighted by Crippen LogP contribution is 2.23. The zero-order valence-corrected chi connectivity index (χ0v) is 14.6. The van der Waals surface area contributed by atoms with Gasteiger partial charge in [0.1, 0.15) is 20.6 Å². The summed E-state index contributed by atoms with van der Waals surface area (Å²) >= 11 is 23.8. The fourth-order valence-electron chi connectivity index (χ4n) is 1.80. The van der Waals surface area contributed by atoms with Crippen LogP contribution in [0.15, 0.2) is 17.1 Å². The smallest absolute Gasteiger partial charge is 0.267 e. The average molecular weight is 380 g/mol. The summed E-state index contributed by atoms with van der Waals surface area (Å²) in [7, 11) is 0. The van der Waals surface area contributed by atoms with Crippen molar-refractivity contribution in [3.63, 3.8) is 0 Å². The molecule has 0 fully saturated rings. The number of hydrogen-bond donors (Lipinski definition) is 0. The molecule has 116 valence electrons. The molecule has 0 bridgehead atoms. The number of carbonyl (C=O) groups excluding carboxylic acids is 1. The van der Waals surface area contributed by atoms with Gasteiger partial charge in [0, 0.05) is 12.1 Å². The molecule has 1 amide bonds. The van der Waals surface area contributed by atoms with Crippen molar-refractivity contribution >= 4 is 57.5 Å². The first kappa shape index (κ1) is 17.2. The fourth-order valence-corrected chi connectivity index (χ4v) is 2.99. The van der Waals surface area contributed by atoms with E-state index in [-0.39, 0.29) is 21.0 Å². The van der Waals surface area contributed by atoms with Crippen LogP contribution in [0, 0.1) is 6.92 Å². The Kier molecular flexibility index (Phi) is 5.45. The zero-order valence-electron chi connectivity index (χ0n) is 11.6. The van der Waals surface area contributed by atoms with Gasteiger partial charge in [-0.2, -0.15) is 10.1 Å². The van der Waals surface area contributed by atoms with E-state index in [1.54, 1.807) is 11.6 Å². The second kappa shape index (κ2) is 6.96. The van der Waals surface area contributed by atoms with Gasteiger partial charge in [-0.3, -0.25) is 9.48 Å². The van der Waals surface area contributed by atoms with Crippen LogP contribution in [0.25, 0.3) is 0 Å². The normalized spacial score (nSPS) is 11.8. The van der Waals surface area contributed by atoms with Crippen LogP contribution in [0.5, 0.6) is 0 Å². The van der Waals surface area contributed by atoms with E-state index in [1.807, 2.05) is 6.92 Å². The molecule has 2 aromatic heterocycles. The Morgan fingerprint density at radius 2 is 1.86 bits per heavy atom. The van der Waals surface area contributed by atoms with Crippen molar-refractivity contribution in [2.24, 2.45) is 4.99 Å². The van der Waals surface area contributed by atoms with Crippen LogP contribution in [0.3, 0.4) is 0 Å². The maximum atomic E-state index is 12.1. The lowest BCUT2D eigenvalue weighted by molar-refractivity contribution is 0.100. The second-order valence-electron chi connectivity index (χ2n) is 4.28. The van der Waals surface area contributed by atoms with Gasteiger partial charge in [0.2, 0.25) is 0 Å². The summed E-state index contributed by atoms with van der Waals surface area (Å²) in [4.78, 5) is 19.7. The van der Waals surface area contributed by atoms with Crippen molar-refractivity contribution in [3.05, 3.63) is 44.4 Å².